The number of benzene rings is 1. The number of nitrogens with zero attached hydrogens (tertiary/aromatic N) is 3. The zero-order chi connectivity index (χ0) is 21.9. The zero-order valence-electron chi connectivity index (χ0n) is 18.5. The fourth-order valence-corrected chi connectivity index (χ4v) is 4.13. The Morgan fingerprint density at radius 1 is 1.28 bits per heavy atom. The molecular weight excluding hydrogens is 387 g/mol. The molecule has 0 aliphatic carbocycles. The van der Waals surface area contributed by atoms with Crippen molar-refractivity contribution < 1.29 is 4.39 Å². The summed E-state index contributed by atoms with van der Waals surface area (Å²) in [6.45, 7) is 18.9. The van der Waals surface area contributed by atoms with Gasteiger partial charge in [0, 0.05) is 41.6 Å². The molecule has 2 heterocycles. The molecule has 0 bridgehead atoms. The monoisotopic (exact) mass is 420 g/mol. The first-order valence-electron chi connectivity index (χ1n) is 10.3. The third kappa shape index (κ3) is 4.67. The third-order valence-electron chi connectivity index (χ3n) is 5.08. The lowest BCUT2D eigenvalue weighted by atomic mass is 9.97. The van der Waals surface area contributed by atoms with Crippen molar-refractivity contribution in [1.82, 2.24) is 14.5 Å². The summed E-state index contributed by atoms with van der Waals surface area (Å²) < 4.78 is 16.2. The van der Waals surface area contributed by atoms with Crippen LogP contribution in [0.2, 0.25) is 5.02 Å². The first kappa shape index (κ1) is 23.4. The van der Waals surface area contributed by atoms with Crippen molar-refractivity contribution in [3.63, 3.8) is 0 Å². The second-order valence-electron chi connectivity index (χ2n) is 8.32. The van der Waals surface area contributed by atoms with Crippen LogP contribution in [0.3, 0.4) is 0 Å². The van der Waals surface area contributed by atoms with E-state index in [-0.39, 0.29) is 17.3 Å². The molecule has 0 saturated carbocycles. The maximum absolute atomic E-state index is 13.9. The highest BCUT2D eigenvalue weighted by Gasteiger charge is 2.39. The van der Waals surface area contributed by atoms with Crippen LogP contribution in [0.25, 0.3) is 11.3 Å². The maximum Gasteiger partial charge on any atom is 0.135 e. The van der Waals surface area contributed by atoms with Crippen LogP contribution < -0.4 is 5.73 Å². The van der Waals surface area contributed by atoms with Crippen LogP contribution in [0.15, 0.2) is 30.5 Å². The van der Waals surface area contributed by atoms with Crippen molar-refractivity contribution in [2.24, 2.45) is 5.73 Å². The van der Waals surface area contributed by atoms with E-state index >= 15 is 0 Å². The Kier molecular flexibility index (Phi) is 7.52. The molecule has 6 heteroatoms. The first-order valence-corrected chi connectivity index (χ1v) is 10.7. The number of hydrogen-bond acceptors (Lipinski definition) is 3. The van der Waals surface area contributed by atoms with Crippen molar-refractivity contribution >= 4 is 11.6 Å². The summed E-state index contributed by atoms with van der Waals surface area (Å²) in [5.74, 6) is 0.830. The first-order chi connectivity index (χ1) is 13.6. The molecule has 0 amide bonds. The van der Waals surface area contributed by atoms with E-state index in [9.17, 15) is 4.39 Å². The van der Waals surface area contributed by atoms with Crippen molar-refractivity contribution in [1.29, 1.82) is 0 Å². The predicted octanol–water partition coefficient (Wildman–Crippen LogP) is 5.91. The van der Waals surface area contributed by atoms with Crippen molar-refractivity contribution in [3.05, 3.63) is 52.8 Å². The molecule has 29 heavy (non-hydrogen) atoms. The van der Waals surface area contributed by atoms with Crippen molar-refractivity contribution in [2.45, 2.75) is 66.0 Å². The molecule has 0 atom stereocenters. The van der Waals surface area contributed by atoms with Crippen LogP contribution in [-0.2, 0) is 12.1 Å². The molecule has 4 nitrogen and oxygen atoms in total. The van der Waals surface area contributed by atoms with E-state index < -0.39 is 0 Å². The minimum absolute atomic E-state index is 0.244. The molecule has 0 unspecified atom stereocenters. The third-order valence-corrected chi connectivity index (χ3v) is 5.29. The maximum atomic E-state index is 13.9. The number of rotatable bonds is 4. The zero-order valence-corrected chi connectivity index (χ0v) is 19.3. The van der Waals surface area contributed by atoms with E-state index in [4.69, 9.17) is 22.3 Å². The van der Waals surface area contributed by atoms with Gasteiger partial charge in [0.1, 0.15) is 11.6 Å². The fourth-order valence-electron chi connectivity index (χ4n) is 3.91. The lowest BCUT2D eigenvalue weighted by Crippen LogP contribution is -2.49. The second kappa shape index (κ2) is 9.31. The van der Waals surface area contributed by atoms with Gasteiger partial charge in [-0.3, -0.25) is 0 Å². The van der Waals surface area contributed by atoms with Gasteiger partial charge in [0.05, 0.1) is 11.2 Å². The summed E-state index contributed by atoms with van der Waals surface area (Å²) >= 11 is 6.09. The minimum Gasteiger partial charge on any atom is -0.360 e. The van der Waals surface area contributed by atoms with Gasteiger partial charge in [-0.2, -0.15) is 0 Å². The number of hydrogen-bond donors (Lipinski definition) is 1. The SMILES string of the molecule is C=C(CN)N1CCn2c(nc(-c3cc(F)cc(Cl)c3)c2C(C)C)C1(C)C.CCC. The van der Waals surface area contributed by atoms with Crippen LogP contribution >= 0.6 is 11.6 Å². The van der Waals surface area contributed by atoms with E-state index in [1.807, 2.05) is 0 Å². The van der Waals surface area contributed by atoms with Gasteiger partial charge >= 0.3 is 0 Å². The smallest absolute Gasteiger partial charge is 0.135 e. The molecule has 1 aromatic heterocycles. The summed E-state index contributed by atoms with van der Waals surface area (Å²) in [5, 5.41) is 0.373. The molecule has 1 aliphatic heterocycles. The van der Waals surface area contributed by atoms with Gasteiger partial charge in [0.25, 0.3) is 0 Å². The molecule has 0 fully saturated rings. The molecule has 0 saturated heterocycles. The lowest BCUT2D eigenvalue weighted by Gasteiger charge is -2.45. The number of fused-ring (bicyclic) bond motifs is 1. The largest absolute Gasteiger partial charge is 0.360 e. The van der Waals surface area contributed by atoms with Crippen LogP contribution in [0.1, 0.15) is 65.4 Å². The molecule has 0 radical (unpaired) electrons. The Morgan fingerprint density at radius 2 is 1.90 bits per heavy atom. The van der Waals surface area contributed by atoms with Crippen LogP contribution in [0.4, 0.5) is 4.39 Å². The minimum atomic E-state index is -0.356. The van der Waals surface area contributed by atoms with Gasteiger partial charge in [-0.1, -0.05) is 52.3 Å². The Hall–Kier alpha value is -1.85. The Balaban J connectivity index is 0.000000941. The topological polar surface area (TPSA) is 47.1 Å². The summed E-state index contributed by atoms with van der Waals surface area (Å²) in [4.78, 5) is 7.17. The van der Waals surface area contributed by atoms with E-state index in [1.54, 1.807) is 6.07 Å². The van der Waals surface area contributed by atoms with Gasteiger partial charge in [0.2, 0.25) is 0 Å². The number of halogens is 2. The van der Waals surface area contributed by atoms with E-state index in [2.05, 4.69) is 57.6 Å². The number of nitrogens with two attached hydrogens (primary N) is 1. The van der Waals surface area contributed by atoms with E-state index in [1.165, 1.54) is 18.6 Å². The average molecular weight is 421 g/mol. The van der Waals surface area contributed by atoms with Crippen LogP contribution in [-0.4, -0.2) is 27.5 Å². The summed E-state index contributed by atoms with van der Waals surface area (Å²) in [5.41, 5.74) is 8.98. The quantitative estimate of drug-likeness (QED) is 0.669. The molecular formula is C23H34ClFN4. The van der Waals surface area contributed by atoms with Gasteiger partial charge in [-0.05, 0) is 38.0 Å². The molecule has 160 valence electrons. The molecule has 1 aromatic carbocycles. The highest BCUT2D eigenvalue weighted by molar-refractivity contribution is 6.30. The van der Waals surface area contributed by atoms with Crippen molar-refractivity contribution in [2.75, 3.05) is 13.1 Å². The van der Waals surface area contributed by atoms with Crippen molar-refractivity contribution in [3.8, 4) is 11.3 Å². The normalized spacial score (nSPS) is 15.0. The fraction of sp³-hybridized carbons (Fsp3) is 0.522. The average Bonchev–Trinajstić information content (AvgIpc) is 3.02. The van der Waals surface area contributed by atoms with Gasteiger partial charge in [-0.15, -0.1) is 0 Å². The molecule has 2 N–H and O–H groups in total. The summed E-state index contributed by atoms with van der Waals surface area (Å²) in [7, 11) is 0. The Bertz CT molecular complexity index is 850. The molecule has 1 aliphatic rings. The van der Waals surface area contributed by atoms with Crippen LogP contribution in [0, 0.1) is 5.82 Å². The Morgan fingerprint density at radius 3 is 2.41 bits per heavy atom. The van der Waals surface area contributed by atoms with E-state index in [0.29, 0.717) is 17.1 Å². The van der Waals surface area contributed by atoms with Crippen LogP contribution in [0.5, 0.6) is 0 Å². The highest BCUT2D eigenvalue weighted by Crippen LogP contribution is 2.40. The molecule has 3 rings (SSSR count). The van der Waals surface area contributed by atoms with E-state index in [0.717, 1.165) is 36.0 Å². The number of imidazole rings is 1. The lowest BCUT2D eigenvalue weighted by molar-refractivity contribution is 0.116. The summed E-state index contributed by atoms with van der Waals surface area (Å²) in [6.07, 6.45) is 1.25. The standard InChI is InChI=1S/C20H26ClFN4.C3H8/c1-12(2)18-17(14-8-15(21)10-16(22)9-14)24-19-20(4,5)26(13(3)11-23)7-6-25(18)19;1-3-2/h8-10,12H,3,6-7,11,23H2,1-2,4-5H3;3H2,1-2H3. The summed E-state index contributed by atoms with van der Waals surface area (Å²) in [6, 6.07) is 4.58. The predicted molar refractivity (Wildman–Crippen MR) is 121 cm³/mol. The second-order valence-corrected chi connectivity index (χ2v) is 8.76. The molecule has 0 spiro atoms. The number of aromatic nitrogens is 2. The highest BCUT2D eigenvalue weighted by atomic mass is 35.5. The van der Waals surface area contributed by atoms with Gasteiger partial charge < -0.3 is 15.2 Å². The van der Waals surface area contributed by atoms with Gasteiger partial charge in [-0.25, -0.2) is 9.37 Å². The Labute approximate surface area is 179 Å². The van der Waals surface area contributed by atoms with Gasteiger partial charge in [0.15, 0.2) is 0 Å². The molecule has 2 aromatic rings.